The molecule has 0 bridgehead atoms. The Kier molecular flexibility index (Phi) is 3.93. The number of hydrogen-bond donors (Lipinski definition) is 1. The van der Waals surface area contributed by atoms with Crippen molar-refractivity contribution in [1.82, 2.24) is 20.1 Å². The van der Waals surface area contributed by atoms with Gasteiger partial charge in [-0.15, -0.1) is 0 Å². The molecular weight excluding hydrogens is 200 g/mol. The third-order valence-electron chi connectivity index (χ3n) is 3.35. The van der Waals surface area contributed by atoms with E-state index in [0.29, 0.717) is 6.04 Å². The molecule has 1 fully saturated rings. The second-order valence-electron chi connectivity index (χ2n) is 4.66. The first kappa shape index (κ1) is 11.6. The lowest BCUT2D eigenvalue weighted by molar-refractivity contribution is 0.430. The van der Waals surface area contributed by atoms with E-state index in [-0.39, 0.29) is 0 Å². The van der Waals surface area contributed by atoms with Crippen LogP contribution in [0, 0.1) is 5.92 Å². The lowest BCUT2D eigenvalue weighted by atomic mass is 10.1. The van der Waals surface area contributed by atoms with Crippen LogP contribution in [0.15, 0.2) is 6.33 Å². The molecule has 1 aliphatic carbocycles. The summed E-state index contributed by atoms with van der Waals surface area (Å²) in [6, 6.07) is 0.648. The summed E-state index contributed by atoms with van der Waals surface area (Å²) in [5.74, 6) is 2.04. The van der Waals surface area contributed by atoms with Crippen LogP contribution in [0.25, 0.3) is 0 Å². The fourth-order valence-corrected chi connectivity index (χ4v) is 2.08. The summed E-state index contributed by atoms with van der Waals surface area (Å²) in [5.41, 5.74) is 0. The van der Waals surface area contributed by atoms with Crippen molar-refractivity contribution < 1.29 is 0 Å². The van der Waals surface area contributed by atoms with E-state index in [1.807, 2.05) is 4.68 Å². The van der Waals surface area contributed by atoms with Crippen LogP contribution in [-0.2, 0) is 13.1 Å². The van der Waals surface area contributed by atoms with Gasteiger partial charge in [-0.05, 0) is 25.7 Å². The number of aromatic nitrogens is 3. The van der Waals surface area contributed by atoms with Crippen LogP contribution in [0.4, 0.5) is 0 Å². The van der Waals surface area contributed by atoms with Gasteiger partial charge in [0, 0.05) is 12.6 Å². The maximum absolute atomic E-state index is 4.28. The molecule has 0 aliphatic heterocycles. The molecule has 1 aliphatic rings. The normalized spacial score (nSPS) is 17.6. The van der Waals surface area contributed by atoms with Gasteiger partial charge >= 0.3 is 0 Å². The van der Waals surface area contributed by atoms with E-state index in [1.54, 1.807) is 6.33 Å². The van der Waals surface area contributed by atoms with E-state index in [2.05, 4.69) is 29.2 Å². The molecule has 1 heterocycles. The lowest BCUT2D eigenvalue weighted by Crippen LogP contribution is -2.29. The van der Waals surface area contributed by atoms with Gasteiger partial charge in [-0.25, -0.2) is 9.67 Å². The van der Waals surface area contributed by atoms with Crippen molar-refractivity contribution in [3.63, 3.8) is 0 Å². The molecule has 4 heteroatoms. The van der Waals surface area contributed by atoms with Crippen molar-refractivity contribution in [3.05, 3.63) is 12.2 Å². The molecule has 1 N–H and O–H groups in total. The third-order valence-corrected chi connectivity index (χ3v) is 3.35. The highest BCUT2D eigenvalue weighted by Gasteiger charge is 2.24. The molecule has 1 aromatic rings. The van der Waals surface area contributed by atoms with Crippen molar-refractivity contribution in [1.29, 1.82) is 0 Å². The maximum atomic E-state index is 4.28. The lowest BCUT2D eigenvalue weighted by Gasteiger charge is -2.16. The predicted molar refractivity (Wildman–Crippen MR) is 64.0 cm³/mol. The monoisotopic (exact) mass is 222 g/mol. The van der Waals surface area contributed by atoms with E-state index in [0.717, 1.165) is 24.8 Å². The van der Waals surface area contributed by atoms with Gasteiger partial charge in [0.25, 0.3) is 0 Å². The molecular formula is C12H22N4. The molecule has 4 nitrogen and oxygen atoms in total. The Bertz CT molecular complexity index is 317. The van der Waals surface area contributed by atoms with Crippen LogP contribution in [0.1, 0.15) is 45.4 Å². The molecule has 0 amide bonds. The second kappa shape index (κ2) is 5.43. The number of rotatable bonds is 7. The first-order chi connectivity index (χ1) is 7.83. The van der Waals surface area contributed by atoms with Gasteiger partial charge in [-0.2, -0.15) is 5.10 Å². The standard InChI is InChI=1S/C12H22N4/c1-3-11(7-10-5-6-10)13-8-12-14-9-15-16(12)4-2/h9-11,13H,3-8H2,1-2H3. The SMILES string of the molecule is CCC(CC1CC1)NCc1ncnn1CC. The smallest absolute Gasteiger partial charge is 0.140 e. The zero-order chi connectivity index (χ0) is 11.4. The van der Waals surface area contributed by atoms with Crippen molar-refractivity contribution in [2.75, 3.05) is 0 Å². The molecule has 0 aromatic carbocycles. The van der Waals surface area contributed by atoms with Crippen molar-refractivity contribution >= 4 is 0 Å². The van der Waals surface area contributed by atoms with E-state index >= 15 is 0 Å². The molecule has 1 saturated carbocycles. The van der Waals surface area contributed by atoms with Crippen molar-refractivity contribution in [2.45, 2.75) is 58.7 Å². The van der Waals surface area contributed by atoms with Crippen LogP contribution >= 0.6 is 0 Å². The molecule has 1 aromatic heterocycles. The van der Waals surface area contributed by atoms with Gasteiger partial charge in [0.15, 0.2) is 0 Å². The maximum Gasteiger partial charge on any atom is 0.140 e. The third kappa shape index (κ3) is 3.04. The number of nitrogens with zero attached hydrogens (tertiary/aromatic N) is 3. The summed E-state index contributed by atoms with van der Waals surface area (Å²) in [5, 5.41) is 7.77. The van der Waals surface area contributed by atoms with Crippen LogP contribution in [0.3, 0.4) is 0 Å². The molecule has 2 rings (SSSR count). The molecule has 0 saturated heterocycles. The van der Waals surface area contributed by atoms with Crippen molar-refractivity contribution in [3.8, 4) is 0 Å². The number of nitrogens with one attached hydrogen (secondary N) is 1. The highest BCUT2D eigenvalue weighted by atomic mass is 15.3. The van der Waals surface area contributed by atoms with Crippen LogP contribution in [-0.4, -0.2) is 20.8 Å². The van der Waals surface area contributed by atoms with E-state index in [1.165, 1.54) is 25.7 Å². The van der Waals surface area contributed by atoms with E-state index < -0.39 is 0 Å². The van der Waals surface area contributed by atoms with Crippen LogP contribution in [0.2, 0.25) is 0 Å². The fraction of sp³-hybridized carbons (Fsp3) is 0.833. The van der Waals surface area contributed by atoms with Gasteiger partial charge in [0.05, 0.1) is 6.54 Å². The highest BCUT2D eigenvalue weighted by molar-refractivity contribution is 4.86. The zero-order valence-electron chi connectivity index (χ0n) is 10.3. The van der Waals surface area contributed by atoms with Gasteiger partial charge < -0.3 is 5.32 Å². The second-order valence-corrected chi connectivity index (χ2v) is 4.66. The first-order valence-electron chi connectivity index (χ1n) is 6.43. The van der Waals surface area contributed by atoms with Gasteiger partial charge in [-0.3, -0.25) is 0 Å². The summed E-state index contributed by atoms with van der Waals surface area (Å²) >= 11 is 0. The Morgan fingerprint density at radius 1 is 1.50 bits per heavy atom. The minimum Gasteiger partial charge on any atom is -0.307 e. The van der Waals surface area contributed by atoms with Crippen LogP contribution < -0.4 is 5.32 Å². The average molecular weight is 222 g/mol. The summed E-state index contributed by atoms with van der Waals surface area (Å²) in [7, 11) is 0. The minimum absolute atomic E-state index is 0.648. The first-order valence-corrected chi connectivity index (χ1v) is 6.43. The Hall–Kier alpha value is -0.900. The molecule has 0 spiro atoms. The Morgan fingerprint density at radius 3 is 2.94 bits per heavy atom. The molecule has 0 radical (unpaired) electrons. The van der Waals surface area contributed by atoms with E-state index in [4.69, 9.17) is 0 Å². The molecule has 90 valence electrons. The van der Waals surface area contributed by atoms with Gasteiger partial charge in [-0.1, -0.05) is 19.8 Å². The number of hydrogen-bond acceptors (Lipinski definition) is 3. The summed E-state index contributed by atoms with van der Waals surface area (Å²) in [4.78, 5) is 4.28. The Morgan fingerprint density at radius 2 is 2.31 bits per heavy atom. The molecule has 1 atom stereocenters. The fourth-order valence-electron chi connectivity index (χ4n) is 2.08. The van der Waals surface area contributed by atoms with Gasteiger partial charge in [0.2, 0.25) is 0 Å². The Labute approximate surface area is 97.5 Å². The molecule has 1 unspecified atom stereocenters. The summed E-state index contributed by atoms with van der Waals surface area (Å²) < 4.78 is 1.96. The predicted octanol–water partition coefficient (Wildman–Crippen LogP) is 1.97. The van der Waals surface area contributed by atoms with Crippen LogP contribution in [0.5, 0.6) is 0 Å². The molecule has 16 heavy (non-hydrogen) atoms. The Balaban J connectivity index is 1.79. The topological polar surface area (TPSA) is 42.7 Å². The van der Waals surface area contributed by atoms with Crippen molar-refractivity contribution in [2.24, 2.45) is 5.92 Å². The minimum atomic E-state index is 0.648. The zero-order valence-corrected chi connectivity index (χ0v) is 10.3. The summed E-state index contributed by atoms with van der Waals surface area (Å²) in [6.45, 7) is 6.10. The quantitative estimate of drug-likeness (QED) is 0.767. The largest absolute Gasteiger partial charge is 0.307 e. The van der Waals surface area contributed by atoms with Gasteiger partial charge in [0.1, 0.15) is 12.2 Å². The average Bonchev–Trinajstić information content (AvgIpc) is 3.00. The summed E-state index contributed by atoms with van der Waals surface area (Å²) in [6.07, 6.45) is 7.04. The number of aryl methyl sites for hydroxylation is 1. The highest BCUT2D eigenvalue weighted by Crippen LogP contribution is 2.34. The van der Waals surface area contributed by atoms with E-state index in [9.17, 15) is 0 Å².